The lowest BCUT2D eigenvalue weighted by molar-refractivity contribution is -0.385. The molecule has 0 aliphatic heterocycles. The van der Waals surface area contributed by atoms with E-state index in [1.807, 2.05) is 0 Å². The van der Waals surface area contributed by atoms with Crippen molar-refractivity contribution in [3.63, 3.8) is 0 Å². The number of carbonyl (C=O) groups excluding carboxylic acids is 1. The Hall–Kier alpha value is -3.14. The molecule has 0 saturated heterocycles. The number of allylic oxidation sites excluding steroid dienone is 2. The van der Waals surface area contributed by atoms with Crippen molar-refractivity contribution in [2.45, 2.75) is 0 Å². The lowest BCUT2D eigenvalue weighted by Crippen LogP contribution is -2.13. The SMILES string of the molecule is N#CC(=CC=Cc1ccccc1[N+](=O)[O-])C(=O)Nc1cc(Cl)ccc1Cl. The van der Waals surface area contributed by atoms with Crippen molar-refractivity contribution in [3.05, 3.63) is 85.9 Å². The van der Waals surface area contributed by atoms with Crippen molar-refractivity contribution in [2.75, 3.05) is 5.32 Å². The van der Waals surface area contributed by atoms with Crippen LogP contribution in [0.15, 0.2) is 60.2 Å². The lowest BCUT2D eigenvalue weighted by Gasteiger charge is -2.06. The number of nitrogens with zero attached hydrogens (tertiary/aromatic N) is 2. The van der Waals surface area contributed by atoms with Crippen LogP contribution in [0.5, 0.6) is 0 Å². The Kier molecular flexibility index (Phi) is 6.50. The van der Waals surface area contributed by atoms with E-state index in [0.29, 0.717) is 10.6 Å². The van der Waals surface area contributed by atoms with Crippen LogP contribution in [0, 0.1) is 21.4 Å². The number of amides is 1. The van der Waals surface area contributed by atoms with Gasteiger partial charge in [0.2, 0.25) is 0 Å². The number of benzene rings is 2. The summed E-state index contributed by atoms with van der Waals surface area (Å²) in [6, 6.07) is 12.4. The number of nitriles is 1. The predicted molar refractivity (Wildman–Crippen MR) is 101 cm³/mol. The van der Waals surface area contributed by atoms with E-state index in [-0.39, 0.29) is 22.0 Å². The number of rotatable bonds is 5. The molecule has 6 nitrogen and oxygen atoms in total. The first-order chi connectivity index (χ1) is 12.4. The van der Waals surface area contributed by atoms with Gasteiger partial charge in [0.15, 0.2) is 0 Å². The summed E-state index contributed by atoms with van der Waals surface area (Å²) in [6.07, 6.45) is 4.08. The Bertz CT molecular complexity index is 962. The largest absolute Gasteiger partial charge is 0.320 e. The summed E-state index contributed by atoms with van der Waals surface area (Å²) in [4.78, 5) is 22.6. The molecular weight excluding hydrogens is 377 g/mol. The Morgan fingerprint density at radius 3 is 2.65 bits per heavy atom. The molecule has 0 radical (unpaired) electrons. The minimum atomic E-state index is -0.677. The fourth-order valence-electron chi connectivity index (χ4n) is 1.99. The van der Waals surface area contributed by atoms with Crippen LogP contribution in [0.2, 0.25) is 10.0 Å². The van der Waals surface area contributed by atoms with E-state index in [2.05, 4.69) is 5.32 Å². The minimum Gasteiger partial charge on any atom is -0.320 e. The lowest BCUT2D eigenvalue weighted by atomic mass is 10.1. The van der Waals surface area contributed by atoms with Gasteiger partial charge in [-0.25, -0.2) is 0 Å². The molecule has 8 heteroatoms. The summed E-state index contributed by atoms with van der Waals surface area (Å²) in [6.45, 7) is 0. The molecule has 1 N–H and O–H groups in total. The van der Waals surface area contributed by atoms with E-state index in [1.54, 1.807) is 30.3 Å². The van der Waals surface area contributed by atoms with Gasteiger partial charge in [0, 0.05) is 11.1 Å². The number of nitro benzene ring substituents is 1. The van der Waals surface area contributed by atoms with Crippen molar-refractivity contribution >= 4 is 46.6 Å². The molecule has 0 aliphatic rings. The fraction of sp³-hybridized carbons (Fsp3) is 0. The predicted octanol–water partition coefficient (Wildman–Crippen LogP) is 5.00. The molecule has 0 heterocycles. The number of hydrogen-bond donors (Lipinski definition) is 1. The monoisotopic (exact) mass is 387 g/mol. The van der Waals surface area contributed by atoms with E-state index in [1.165, 1.54) is 36.4 Å². The molecule has 0 aliphatic carbocycles. The van der Waals surface area contributed by atoms with Crippen LogP contribution in [0.3, 0.4) is 0 Å². The Morgan fingerprint density at radius 2 is 1.96 bits per heavy atom. The van der Waals surface area contributed by atoms with Gasteiger partial charge < -0.3 is 5.32 Å². The Balaban J connectivity index is 2.20. The number of halogens is 2. The average molecular weight is 388 g/mol. The zero-order chi connectivity index (χ0) is 19.1. The number of para-hydroxylation sites is 1. The van der Waals surface area contributed by atoms with Crippen LogP contribution in [-0.2, 0) is 4.79 Å². The van der Waals surface area contributed by atoms with Crippen LogP contribution in [0.1, 0.15) is 5.56 Å². The molecule has 0 bridgehead atoms. The second-order valence-electron chi connectivity index (χ2n) is 4.95. The molecular formula is C18H11Cl2N3O3. The summed E-state index contributed by atoms with van der Waals surface area (Å²) in [5.74, 6) is -0.677. The third kappa shape index (κ3) is 4.93. The summed E-state index contributed by atoms with van der Waals surface area (Å²) >= 11 is 11.8. The smallest absolute Gasteiger partial charge is 0.276 e. The second-order valence-corrected chi connectivity index (χ2v) is 5.79. The zero-order valence-electron chi connectivity index (χ0n) is 13.1. The van der Waals surface area contributed by atoms with Gasteiger partial charge in [-0.2, -0.15) is 5.26 Å². The highest BCUT2D eigenvalue weighted by Crippen LogP contribution is 2.25. The van der Waals surface area contributed by atoms with Crippen molar-refractivity contribution in [1.82, 2.24) is 0 Å². The number of carbonyl (C=O) groups is 1. The average Bonchev–Trinajstić information content (AvgIpc) is 2.62. The number of anilines is 1. The van der Waals surface area contributed by atoms with Gasteiger partial charge in [0.25, 0.3) is 11.6 Å². The Morgan fingerprint density at radius 1 is 1.23 bits per heavy atom. The maximum Gasteiger partial charge on any atom is 0.276 e. The number of nitro groups is 1. The molecule has 0 saturated carbocycles. The third-order valence-corrected chi connectivity index (χ3v) is 3.78. The van der Waals surface area contributed by atoms with E-state index >= 15 is 0 Å². The number of hydrogen-bond acceptors (Lipinski definition) is 4. The molecule has 0 aromatic heterocycles. The summed E-state index contributed by atoms with van der Waals surface area (Å²) in [7, 11) is 0. The molecule has 0 atom stereocenters. The van der Waals surface area contributed by atoms with Crippen LogP contribution < -0.4 is 5.32 Å². The van der Waals surface area contributed by atoms with E-state index in [4.69, 9.17) is 28.5 Å². The quantitative estimate of drug-likeness (QED) is 0.256. The Labute approximate surface area is 159 Å². The van der Waals surface area contributed by atoms with Gasteiger partial charge >= 0.3 is 0 Å². The topological polar surface area (TPSA) is 96.0 Å². The molecule has 0 spiro atoms. The van der Waals surface area contributed by atoms with Gasteiger partial charge in [-0.3, -0.25) is 14.9 Å². The second kappa shape index (κ2) is 8.81. The van der Waals surface area contributed by atoms with E-state index < -0.39 is 10.8 Å². The van der Waals surface area contributed by atoms with Gasteiger partial charge in [-0.1, -0.05) is 41.4 Å². The highest BCUT2D eigenvalue weighted by Gasteiger charge is 2.12. The van der Waals surface area contributed by atoms with Crippen molar-refractivity contribution in [1.29, 1.82) is 5.26 Å². The standard InChI is InChI=1S/C18H11Cl2N3O3/c19-14-8-9-15(20)16(10-14)22-18(24)13(11-21)6-3-5-12-4-1-2-7-17(12)23(25)26/h1-10H,(H,22,24). The molecule has 2 aromatic rings. The third-order valence-electron chi connectivity index (χ3n) is 3.21. The number of nitrogens with one attached hydrogen (secondary N) is 1. The molecule has 0 unspecified atom stereocenters. The first-order valence-corrected chi connectivity index (χ1v) is 7.96. The van der Waals surface area contributed by atoms with E-state index in [0.717, 1.165) is 0 Å². The first-order valence-electron chi connectivity index (χ1n) is 7.20. The highest BCUT2D eigenvalue weighted by molar-refractivity contribution is 6.36. The van der Waals surface area contributed by atoms with Crippen molar-refractivity contribution in [3.8, 4) is 6.07 Å². The molecule has 1 amide bonds. The summed E-state index contributed by atoms with van der Waals surface area (Å²) < 4.78 is 0. The van der Waals surface area contributed by atoms with Gasteiger partial charge in [0.1, 0.15) is 11.6 Å². The van der Waals surface area contributed by atoms with Crippen LogP contribution >= 0.6 is 23.2 Å². The molecule has 2 aromatic carbocycles. The molecule has 26 heavy (non-hydrogen) atoms. The van der Waals surface area contributed by atoms with Crippen molar-refractivity contribution in [2.24, 2.45) is 0 Å². The summed E-state index contributed by atoms with van der Waals surface area (Å²) in [5.41, 5.74) is 0.346. The molecule has 0 fully saturated rings. The van der Waals surface area contributed by atoms with E-state index in [9.17, 15) is 14.9 Å². The van der Waals surface area contributed by atoms with Gasteiger partial charge in [-0.05, 0) is 36.4 Å². The van der Waals surface area contributed by atoms with Crippen LogP contribution in [0.25, 0.3) is 6.08 Å². The molecule has 2 rings (SSSR count). The summed E-state index contributed by atoms with van der Waals surface area (Å²) in [5, 5.41) is 23.3. The normalized spacial score (nSPS) is 11.2. The van der Waals surface area contributed by atoms with Crippen LogP contribution in [-0.4, -0.2) is 10.8 Å². The zero-order valence-corrected chi connectivity index (χ0v) is 14.7. The first kappa shape index (κ1) is 19.2. The minimum absolute atomic E-state index is 0.0779. The van der Waals surface area contributed by atoms with Crippen molar-refractivity contribution < 1.29 is 9.72 Å². The maximum absolute atomic E-state index is 12.2. The fourth-order valence-corrected chi connectivity index (χ4v) is 2.33. The maximum atomic E-state index is 12.2. The van der Waals surface area contributed by atoms with Gasteiger partial charge in [0.05, 0.1) is 21.2 Å². The van der Waals surface area contributed by atoms with Gasteiger partial charge in [-0.15, -0.1) is 0 Å². The highest BCUT2D eigenvalue weighted by atomic mass is 35.5. The molecule has 130 valence electrons. The van der Waals surface area contributed by atoms with Crippen LogP contribution in [0.4, 0.5) is 11.4 Å².